The Balaban J connectivity index is 1.38. The minimum atomic E-state index is -0.391. The van der Waals surface area contributed by atoms with Crippen LogP contribution in [0.4, 0.5) is 4.79 Å². The average Bonchev–Trinajstić information content (AvgIpc) is 2.88. The van der Waals surface area contributed by atoms with Crippen molar-refractivity contribution in [3.05, 3.63) is 69.2 Å². The van der Waals surface area contributed by atoms with Crippen molar-refractivity contribution in [1.82, 2.24) is 15.1 Å². The summed E-state index contributed by atoms with van der Waals surface area (Å²) in [5.74, 6) is 0.508. The Morgan fingerprint density at radius 3 is 2.14 bits per heavy atom. The summed E-state index contributed by atoms with van der Waals surface area (Å²) >= 11 is 3.50. The fourth-order valence-corrected chi connectivity index (χ4v) is 6.18. The van der Waals surface area contributed by atoms with E-state index in [2.05, 4.69) is 45.2 Å². The molecule has 2 heterocycles. The lowest BCUT2D eigenvalue weighted by molar-refractivity contribution is 0.00753. The minimum absolute atomic E-state index is 0.0719. The lowest BCUT2D eigenvalue weighted by atomic mass is 9.81. The topological polar surface area (TPSA) is 61.9 Å². The van der Waals surface area contributed by atoms with Crippen LogP contribution in [0.1, 0.15) is 65.7 Å². The molecule has 2 fully saturated rings. The number of benzene rings is 2. The van der Waals surface area contributed by atoms with Crippen LogP contribution >= 0.6 is 15.9 Å². The first-order valence-corrected chi connectivity index (χ1v) is 13.7. The van der Waals surface area contributed by atoms with E-state index < -0.39 is 6.09 Å². The van der Waals surface area contributed by atoms with Gasteiger partial charge in [0.05, 0.1) is 13.2 Å². The zero-order valence-electron chi connectivity index (χ0n) is 21.9. The molecular weight excluding hydrogens is 518 g/mol. The molecule has 0 bridgehead atoms. The first-order chi connectivity index (χ1) is 17.2. The standard InChI is InChI=1S/C29H38BrN3O3/c1-20-6-5-7-21(2)25(20)27(34)32-18-14-29(3,15-19-32)33-16-12-23(13-17-33)26(31-28(35)36-4)22-8-10-24(30)11-9-22/h5-11,23,26H,12-19H2,1-4H3,(H,31,35). The molecule has 0 saturated carbocycles. The summed E-state index contributed by atoms with van der Waals surface area (Å²) in [7, 11) is 1.41. The van der Waals surface area contributed by atoms with E-state index in [9.17, 15) is 9.59 Å². The number of nitrogens with one attached hydrogen (secondary N) is 1. The SMILES string of the molecule is COC(=O)NC(c1ccc(Br)cc1)C1CCN(C2(C)CCN(C(=O)c3c(C)cccc3C)CC2)CC1. The molecule has 2 aromatic rings. The Morgan fingerprint density at radius 1 is 1.00 bits per heavy atom. The number of rotatable bonds is 5. The Kier molecular flexibility index (Phi) is 8.41. The molecule has 0 spiro atoms. The largest absolute Gasteiger partial charge is 0.453 e. The third-order valence-electron chi connectivity index (χ3n) is 8.29. The fraction of sp³-hybridized carbons (Fsp3) is 0.517. The van der Waals surface area contributed by atoms with Crippen molar-refractivity contribution < 1.29 is 14.3 Å². The summed E-state index contributed by atoms with van der Waals surface area (Å²) in [6.45, 7) is 9.95. The third kappa shape index (κ3) is 5.78. The van der Waals surface area contributed by atoms with Gasteiger partial charge in [-0.3, -0.25) is 9.69 Å². The maximum atomic E-state index is 13.3. The lowest BCUT2D eigenvalue weighted by Gasteiger charge is -2.50. The second-order valence-corrected chi connectivity index (χ2v) is 11.5. The molecule has 0 aromatic heterocycles. The van der Waals surface area contributed by atoms with E-state index in [1.165, 1.54) is 7.11 Å². The number of carbonyl (C=O) groups excluding carboxylic acids is 2. The fourth-order valence-electron chi connectivity index (χ4n) is 5.92. The van der Waals surface area contributed by atoms with E-state index in [-0.39, 0.29) is 17.5 Å². The van der Waals surface area contributed by atoms with Crippen molar-refractivity contribution >= 4 is 27.9 Å². The van der Waals surface area contributed by atoms with Crippen LogP contribution < -0.4 is 5.32 Å². The molecule has 0 radical (unpaired) electrons. The van der Waals surface area contributed by atoms with Gasteiger partial charge in [0.15, 0.2) is 0 Å². The molecule has 7 heteroatoms. The number of hydrogen-bond donors (Lipinski definition) is 1. The van der Waals surface area contributed by atoms with Crippen LogP contribution in [0.25, 0.3) is 0 Å². The van der Waals surface area contributed by atoms with Gasteiger partial charge in [-0.15, -0.1) is 0 Å². The number of aryl methyl sites for hydroxylation is 2. The van der Waals surface area contributed by atoms with Crippen molar-refractivity contribution in [2.45, 2.75) is 58.0 Å². The highest BCUT2D eigenvalue weighted by atomic mass is 79.9. The smallest absolute Gasteiger partial charge is 0.407 e. The highest BCUT2D eigenvalue weighted by Crippen LogP contribution is 2.37. The Bertz CT molecular complexity index is 1050. The zero-order chi connectivity index (χ0) is 25.9. The molecule has 194 valence electrons. The number of methoxy groups -OCH3 is 1. The number of piperidine rings is 2. The number of amides is 2. The zero-order valence-corrected chi connectivity index (χ0v) is 23.4. The summed E-state index contributed by atoms with van der Waals surface area (Å²) < 4.78 is 5.94. The monoisotopic (exact) mass is 555 g/mol. The first-order valence-electron chi connectivity index (χ1n) is 12.9. The molecule has 0 aliphatic carbocycles. The molecule has 2 aliphatic heterocycles. The van der Waals surface area contributed by atoms with Crippen LogP contribution in [-0.4, -0.2) is 60.6 Å². The minimum Gasteiger partial charge on any atom is -0.453 e. The van der Waals surface area contributed by atoms with Gasteiger partial charge in [0.1, 0.15) is 0 Å². The number of carbonyl (C=O) groups is 2. The van der Waals surface area contributed by atoms with Crippen LogP contribution in [-0.2, 0) is 4.74 Å². The van der Waals surface area contributed by atoms with E-state index >= 15 is 0 Å². The van der Waals surface area contributed by atoms with E-state index in [1.54, 1.807) is 0 Å². The first kappa shape index (κ1) is 26.7. The van der Waals surface area contributed by atoms with Crippen LogP contribution in [0.15, 0.2) is 46.9 Å². The van der Waals surface area contributed by atoms with Gasteiger partial charge < -0.3 is 15.0 Å². The van der Waals surface area contributed by atoms with E-state index in [4.69, 9.17) is 4.74 Å². The summed E-state index contributed by atoms with van der Waals surface area (Å²) in [6.07, 6.45) is 3.57. The molecule has 2 amide bonds. The summed E-state index contributed by atoms with van der Waals surface area (Å²) in [5.41, 5.74) is 4.16. The molecular formula is C29H38BrN3O3. The lowest BCUT2D eigenvalue weighted by Crippen LogP contribution is -2.57. The van der Waals surface area contributed by atoms with Gasteiger partial charge in [-0.25, -0.2) is 4.79 Å². The van der Waals surface area contributed by atoms with Crippen LogP contribution in [0, 0.1) is 19.8 Å². The van der Waals surface area contributed by atoms with Crippen LogP contribution in [0.5, 0.6) is 0 Å². The normalized spacial score (nSPS) is 19.5. The molecule has 2 saturated heterocycles. The number of halogens is 1. The molecule has 2 aliphatic rings. The molecule has 2 aromatic carbocycles. The van der Waals surface area contributed by atoms with Gasteiger partial charge in [0, 0.05) is 28.7 Å². The molecule has 1 unspecified atom stereocenters. The van der Waals surface area contributed by atoms with Gasteiger partial charge >= 0.3 is 6.09 Å². The van der Waals surface area contributed by atoms with Gasteiger partial charge in [-0.1, -0.05) is 46.3 Å². The van der Waals surface area contributed by atoms with Crippen molar-refractivity contribution in [3.63, 3.8) is 0 Å². The Labute approximate surface area is 223 Å². The predicted molar refractivity (Wildman–Crippen MR) is 146 cm³/mol. The van der Waals surface area contributed by atoms with Crippen molar-refractivity contribution in [1.29, 1.82) is 0 Å². The highest BCUT2D eigenvalue weighted by Gasteiger charge is 2.40. The van der Waals surface area contributed by atoms with Crippen LogP contribution in [0.2, 0.25) is 0 Å². The van der Waals surface area contributed by atoms with Gasteiger partial charge in [0.2, 0.25) is 0 Å². The van der Waals surface area contributed by atoms with E-state index in [1.807, 2.05) is 49.1 Å². The Hall–Kier alpha value is -2.38. The molecule has 4 rings (SSSR count). The number of ether oxygens (including phenoxy) is 1. The molecule has 1 atom stereocenters. The van der Waals surface area contributed by atoms with Crippen molar-refractivity contribution in [2.24, 2.45) is 5.92 Å². The van der Waals surface area contributed by atoms with E-state index in [0.717, 1.165) is 78.6 Å². The van der Waals surface area contributed by atoms with Gasteiger partial charge in [0.25, 0.3) is 5.91 Å². The van der Waals surface area contributed by atoms with Crippen molar-refractivity contribution in [3.8, 4) is 0 Å². The third-order valence-corrected chi connectivity index (χ3v) is 8.81. The molecule has 36 heavy (non-hydrogen) atoms. The van der Waals surface area contributed by atoms with Crippen molar-refractivity contribution in [2.75, 3.05) is 33.3 Å². The van der Waals surface area contributed by atoms with E-state index in [0.29, 0.717) is 5.92 Å². The highest BCUT2D eigenvalue weighted by molar-refractivity contribution is 9.10. The maximum Gasteiger partial charge on any atom is 0.407 e. The summed E-state index contributed by atoms with van der Waals surface area (Å²) in [5, 5.41) is 3.08. The average molecular weight is 557 g/mol. The second-order valence-electron chi connectivity index (χ2n) is 10.5. The number of alkyl carbamates (subject to hydrolysis) is 1. The number of nitrogens with zero attached hydrogens (tertiary/aromatic N) is 2. The van der Waals surface area contributed by atoms with Crippen LogP contribution in [0.3, 0.4) is 0 Å². The Morgan fingerprint density at radius 2 is 1.58 bits per heavy atom. The summed E-state index contributed by atoms with van der Waals surface area (Å²) in [6, 6.07) is 14.2. The van der Waals surface area contributed by atoms with Gasteiger partial charge in [-0.05, 0) is 94.3 Å². The second kappa shape index (κ2) is 11.3. The number of likely N-dealkylation sites (tertiary alicyclic amines) is 2. The predicted octanol–water partition coefficient (Wildman–Crippen LogP) is 5.87. The molecule has 1 N–H and O–H groups in total. The maximum absolute atomic E-state index is 13.3. The molecule has 6 nitrogen and oxygen atoms in total. The number of hydrogen-bond acceptors (Lipinski definition) is 4. The quantitative estimate of drug-likeness (QED) is 0.501. The summed E-state index contributed by atoms with van der Waals surface area (Å²) in [4.78, 5) is 30.0. The van der Waals surface area contributed by atoms with Gasteiger partial charge in [-0.2, -0.15) is 0 Å².